The fourth-order valence-corrected chi connectivity index (χ4v) is 3.56. The summed E-state index contributed by atoms with van der Waals surface area (Å²) in [6, 6.07) is 0.841. The van der Waals surface area contributed by atoms with Gasteiger partial charge in [0.15, 0.2) is 0 Å². The van der Waals surface area contributed by atoms with Crippen molar-refractivity contribution in [1.29, 1.82) is 0 Å². The van der Waals surface area contributed by atoms with Gasteiger partial charge in [-0.1, -0.05) is 33.6 Å². The maximum Gasteiger partial charge on any atom is 0.0126 e. The van der Waals surface area contributed by atoms with Gasteiger partial charge in [-0.05, 0) is 49.5 Å². The van der Waals surface area contributed by atoms with E-state index in [2.05, 4.69) is 26.1 Å². The molecule has 1 heteroatoms. The van der Waals surface area contributed by atoms with Crippen LogP contribution in [-0.4, -0.2) is 12.6 Å². The Kier molecular flexibility index (Phi) is 3.71. The molecule has 2 aliphatic rings. The minimum atomic E-state index is 0.841. The number of nitrogens with one attached hydrogen (secondary N) is 1. The van der Waals surface area contributed by atoms with Gasteiger partial charge in [-0.2, -0.15) is 0 Å². The van der Waals surface area contributed by atoms with E-state index < -0.39 is 0 Å². The molecule has 0 heterocycles. The minimum Gasteiger partial charge on any atom is -0.314 e. The molecule has 0 amide bonds. The highest BCUT2D eigenvalue weighted by Crippen LogP contribution is 2.46. The Balaban J connectivity index is 1.91. The summed E-state index contributed by atoms with van der Waals surface area (Å²) >= 11 is 0. The normalized spacial score (nSPS) is 42.6. The molecule has 5 unspecified atom stereocenters. The van der Waals surface area contributed by atoms with Gasteiger partial charge < -0.3 is 5.32 Å². The summed E-state index contributed by atoms with van der Waals surface area (Å²) in [6.07, 6.45) is 7.36. The van der Waals surface area contributed by atoms with Crippen LogP contribution >= 0.6 is 0 Å². The molecule has 0 aliphatic heterocycles. The highest BCUT2D eigenvalue weighted by molar-refractivity contribution is 4.96. The molecule has 1 nitrogen and oxygen atoms in total. The van der Waals surface area contributed by atoms with Crippen LogP contribution in [0, 0.1) is 23.7 Å². The van der Waals surface area contributed by atoms with Crippen molar-refractivity contribution in [2.24, 2.45) is 23.7 Å². The molecular weight excluding hydrogens is 182 g/mol. The lowest BCUT2D eigenvalue weighted by Crippen LogP contribution is -2.40. The summed E-state index contributed by atoms with van der Waals surface area (Å²) in [5.74, 6) is 3.94. The Morgan fingerprint density at radius 1 is 1.20 bits per heavy atom. The summed E-state index contributed by atoms with van der Waals surface area (Å²) in [6.45, 7) is 8.26. The molecule has 0 bridgehead atoms. The van der Waals surface area contributed by atoms with E-state index in [9.17, 15) is 0 Å². The van der Waals surface area contributed by atoms with E-state index in [1.54, 1.807) is 0 Å². The molecule has 5 atom stereocenters. The van der Waals surface area contributed by atoms with E-state index in [-0.39, 0.29) is 0 Å². The molecule has 0 saturated heterocycles. The second kappa shape index (κ2) is 4.86. The highest BCUT2D eigenvalue weighted by Gasteiger charge is 2.43. The van der Waals surface area contributed by atoms with E-state index in [1.807, 2.05) is 0 Å². The summed E-state index contributed by atoms with van der Waals surface area (Å²) in [5, 5.41) is 3.77. The smallest absolute Gasteiger partial charge is 0.0126 e. The number of hydrogen-bond acceptors (Lipinski definition) is 1. The molecule has 0 aromatic heterocycles. The van der Waals surface area contributed by atoms with Crippen molar-refractivity contribution in [3.8, 4) is 0 Å². The molecule has 15 heavy (non-hydrogen) atoms. The van der Waals surface area contributed by atoms with E-state index in [4.69, 9.17) is 0 Å². The second-order valence-corrected chi connectivity index (χ2v) is 5.99. The van der Waals surface area contributed by atoms with Crippen molar-refractivity contribution < 1.29 is 0 Å². The molecule has 2 saturated carbocycles. The van der Waals surface area contributed by atoms with Gasteiger partial charge in [0, 0.05) is 6.04 Å². The predicted molar refractivity (Wildman–Crippen MR) is 65.9 cm³/mol. The lowest BCUT2D eigenvalue weighted by atomic mass is 9.77. The maximum atomic E-state index is 3.77. The fraction of sp³-hybridized carbons (Fsp3) is 1.00. The van der Waals surface area contributed by atoms with E-state index in [0.29, 0.717) is 0 Å². The van der Waals surface area contributed by atoms with Gasteiger partial charge in [-0.15, -0.1) is 0 Å². The third-order valence-electron chi connectivity index (χ3n) is 4.56. The lowest BCUT2D eigenvalue weighted by Gasteiger charge is -2.34. The van der Waals surface area contributed by atoms with Crippen molar-refractivity contribution in [3.63, 3.8) is 0 Å². The summed E-state index contributed by atoms with van der Waals surface area (Å²) in [7, 11) is 0. The Labute approximate surface area is 95.0 Å². The largest absolute Gasteiger partial charge is 0.314 e. The Bertz CT molecular complexity index is 202. The average molecular weight is 209 g/mol. The van der Waals surface area contributed by atoms with Gasteiger partial charge in [0.05, 0.1) is 0 Å². The molecular formula is C14H27N. The van der Waals surface area contributed by atoms with Crippen LogP contribution in [0.5, 0.6) is 0 Å². The second-order valence-electron chi connectivity index (χ2n) is 5.99. The first-order chi connectivity index (χ1) is 7.22. The van der Waals surface area contributed by atoms with E-state index >= 15 is 0 Å². The van der Waals surface area contributed by atoms with Gasteiger partial charge in [0.25, 0.3) is 0 Å². The molecule has 2 fully saturated rings. The summed E-state index contributed by atoms with van der Waals surface area (Å²) < 4.78 is 0. The SMILES string of the molecule is CCNC(C1CCCC(C)C1)C1CC1C. The van der Waals surface area contributed by atoms with Crippen LogP contribution in [-0.2, 0) is 0 Å². The standard InChI is InChI=1S/C14H27N/c1-4-15-14(13-9-11(13)3)12-7-5-6-10(2)8-12/h10-15H,4-9H2,1-3H3. The minimum absolute atomic E-state index is 0.841. The van der Waals surface area contributed by atoms with Gasteiger partial charge in [-0.25, -0.2) is 0 Å². The fourth-order valence-electron chi connectivity index (χ4n) is 3.56. The van der Waals surface area contributed by atoms with Crippen LogP contribution < -0.4 is 5.32 Å². The molecule has 0 spiro atoms. The van der Waals surface area contributed by atoms with Crippen LogP contribution in [0.25, 0.3) is 0 Å². The lowest BCUT2D eigenvalue weighted by molar-refractivity contribution is 0.205. The monoisotopic (exact) mass is 209 g/mol. The molecule has 0 aromatic carbocycles. The Morgan fingerprint density at radius 3 is 2.47 bits per heavy atom. The van der Waals surface area contributed by atoms with Crippen molar-refractivity contribution >= 4 is 0 Å². The summed E-state index contributed by atoms with van der Waals surface area (Å²) in [5.41, 5.74) is 0. The Hall–Kier alpha value is -0.0400. The number of hydrogen-bond donors (Lipinski definition) is 1. The average Bonchev–Trinajstić information content (AvgIpc) is 2.92. The predicted octanol–water partition coefficient (Wildman–Crippen LogP) is 3.45. The molecule has 2 rings (SSSR count). The van der Waals surface area contributed by atoms with Crippen LogP contribution in [0.15, 0.2) is 0 Å². The first-order valence-corrected chi connectivity index (χ1v) is 6.95. The van der Waals surface area contributed by atoms with Crippen molar-refractivity contribution in [3.05, 3.63) is 0 Å². The van der Waals surface area contributed by atoms with Crippen LogP contribution in [0.4, 0.5) is 0 Å². The van der Waals surface area contributed by atoms with E-state index in [0.717, 1.165) is 36.3 Å². The number of rotatable bonds is 4. The van der Waals surface area contributed by atoms with Gasteiger partial charge in [-0.3, -0.25) is 0 Å². The third-order valence-corrected chi connectivity index (χ3v) is 4.56. The third kappa shape index (κ3) is 2.75. The van der Waals surface area contributed by atoms with Crippen molar-refractivity contribution in [2.45, 2.75) is 58.9 Å². The molecule has 2 aliphatic carbocycles. The van der Waals surface area contributed by atoms with Gasteiger partial charge in [0.2, 0.25) is 0 Å². The zero-order valence-corrected chi connectivity index (χ0v) is 10.6. The first kappa shape index (κ1) is 11.4. The van der Waals surface area contributed by atoms with Gasteiger partial charge in [0.1, 0.15) is 0 Å². The first-order valence-electron chi connectivity index (χ1n) is 6.95. The van der Waals surface area contributed by atoms with Crippen LogP contribution in [0.2, 0.25) is 0 Å². The van der Waals surface area contributed by atoms with Crippen LogP contribution in [0.1, 0.15) is 52.9 Å². The molecule has 0 aromatic rings. The zero-order chi connectivity index (χ0) is 10.8. The molecule has 0 radical (unpaired) electrons. The van der Waals surface area contributed by atoms with Crippen molar-refractivity contribution in [1.82, 2.24) is 5.32 Å². The molecule has 88 valence electrons. The quantitative estimate of drug-likeness (QED) is 0.748. The maximum absolute atomic E-state index is 3.77. The van der Waals surface area contributed by atoms with Crippen LogP contribution in [0.3, 0.4) is 0 Å². The highest BCUT2D eigenvalue weighted by atomic mass is 14.9. The topological polar surface area (TPSA) is 12.0 Å². The van der Waals surface area contributed by atoms with Gasteiger partial charge >= 0.3 is 0 Å². The summed E-state index contributed by atoms with van der Waals surface area (Å²) in [4.78, 5) is 0. The van der Waals surface area contributed by atoms with E-state index in [1.165, 1.54) is 32.1 Å². The zero-order valence-electron chi connectivity index (χ0n) is 10.6. The molecule has 1 N–H and O–H groups in total. The van der Waals surface area contributed by atoms with Crippen molar-refractivity contribution in [2.75, 3.05) is 6.54 Å². The Morgan fingerprint density at radius 2 is 1.93 bits per heavy atom.